The number of hydrogen-bond acceptors (Lipinski definition) is 3. The molecular weight excluding hydrogens is 296 g/mol. The molecule has 0 aliphatic rings. The van der Waals surface area contributed by atoms with Crippen LogP contribution in [0.15, 0.2) is 24.3 Å². The maximum Gasteiger partial charge on any atom is 0.311 e. The lowest BCUT2D eigenvalue weighted by atomic mass is 9.96. The van der Waals surface area contributed by atoms with Gasteiger partial charge in [-0.15, -0.1) is 0 Å². The Morgan fingerprint density at radius 1 is 1.00 bits per heavy atom. The first-order valence-corrected chi connectivity index (χ1v) is 8.22. The number of carboxylic acids is 2. The van der Waals surface area contributed by atoms with Gasteiger partial charge in [0, 0.05) is 0 Å². The van der Waals surface area contributed by atoms with Gasteiger partial charge < -0.3 is 14.9 Å². The minimum atomic E-state index is -1.13. The molecule has 2 N–H and O–H groups in total. The number of rotatable bonds is 12. The van der Waals surface area contributed by atoms with E-state index in [2.05, 4.69) is 6.92 Å². The van der Waals surface area contributed by atoms with Crippen molar-refractivity contribution in [3.05, 3.63) is 29.8 Å². The lowest BCUT2D eigenvalue weighted by Crippen LogP contribution is -2.15. The van der Waals surface area contributed by atoms with Crippen LogP contribution in [-0.4, -0.2) is 28.8 Å². The Bertz CT molecular complexity index is 481. The number of ether oxygens (including phenoxy) is 1. The highest BCUT2D eigenvalue weighted by Gasteiger charge is 2.22. The zero-order valence-electron chi connectivity index (χ0n) is 13.7. The van der Waals surface area contributed by atoms with Gasteiger partial charge in [0.25, 0.3) is 0 Å². The van der Waals surface area contributed by atoms with E-state index in [0.29, 0.717) is 17.9 Å². The zero-order valence-corrected chi connectivity index (χ0v) is 13.7. The number of aliphatic carboxylic acids is 2. The highest BCUT2D eigenvalue weighted by molar-refractivity contribution is 5.82. The van der Waals surface area contributed by atoms with Gasteiger partial charge in [-0.2, -0.15) is 0 Å². The van der Waals surface area contributed by atoms with E-state index in [1.165, 1.54) is 25.7 Å². The highest BCUT2D eigenvalue weighted by atomic mass is 16.5. The molecule has 5 nitrogen and oxygen atoms in total. The highest BCUT2D eigenvalue weighted by Crippen LogP contribution is 2.23. The van der Waals surface area contributed by atoms with Gasteiger partial charge in [-0.3, -0.25) is 9.59 Å². The summed E-state index contributed by atoms with van der Waals surface area (Å²) in [6.07, 6.45) is 6.75. The molecule has 0 unspecified atom stereocenters. The summed E-state index contributed by atoms with van der Waals surface area (Å²) in [5.41, 5.74) is 0.479. The summed E-state index contributed by atoms with van der Waals surface area (Å²) in [7, 11) is 0. The molecule has 5 heteroatoms. The van der Waals surface area contributed by atoms with E-state index in [1.54, 1.807) is 24.3 Å². The second-order valence-electron chi connectivity index (χ2n) is 5.67. The molecular formula is C18H26O5. The van der Waals surface area contributed by atoms with E-state index in [-0.39, 0.29) is 0 Å². The fourth-order valence-corrected chi connectivity index (χ4v) is 2.39. The van der Waals surface area contributed by atoms with Crippen LogP contribution in [0.3, 0.4) is 0 Å². The fraction of sp³-hybridized carbons (Fsp3) is 0.556. The molecule has 0 saturated carbocycles. The molecule has 0 aliphatic heterocycles. The monoisotopic (exact) mass is 322 g/mol. The van der Waals surface area contributed by atoms with Crippen LogP contribution < -0.4 is 4.74 Å². The van der Waals surface area contributed by atoms with Crippen LogP contribution in [0.2, 0.25) is 0 Å². The van der Waals surface area contributed by atoms with Gasteiger partial charge in [-0.05, 0) is 24.1 Å². The van der Waals surface area contributed by atoms with Gasteiger partial charge in [0.1, 0.15) is 5.75 Å². The summed E-state index contributed by atoms with van der Waals surface area (Å²) in [6.45, 7) is 2.83. The van der Waals surface area contributed by atoms with Crippen molar-refractivity contribution in [2.45, 2.75) is 57.8 Å². The Kier molecular flexibility index (Phi) is 8.80. The fourth-order valence-electron chi connectivity index (χ4n) is 2.39. The average Bonchev–Trinajstić information content (AvgIpc) is 2.52. The van der Waals surface area contributed by atoms with Crippen LogP contribution in [-0.2, 0) is 9.59 Å². The molecule has 0 fully saturated rings. The first kappa shape index (κ1) is 19.0. The Hall–Kier alpha value is -2.04. The Labute approximate surface area is 137 Å². The molecule has 1 aromatic carbocycles. The number of benzene rings is 1. The Balaban J connectivity index is 2.40. The van der Waals surface area contributed by atoms with Crippen LogP contribution in [0.1, 0.15) is 63.4 Å². The number of carboxylic acid groups (broad SMARTS) is 2. The minimum Gasteiger partial charge on any atom is -0.494 e. The van der Waals surface area contributed by atoms with E-state index < -0.39 is 24.3 Å². The third-order valence-electron chi connectivity index (χ3n) is 3.73. The molecule has 1 rings (SSSR count). The van der Waals surface area contributed by atoms with Crippen LogP contribution in [0, 0.1) is 0 Å². The van der Waals surface area contributed by atoms with Crippen molar-refractivity contribution in [2.75, 3.05) is 6.61 Å². The van der Waals surface area contributed by atoms with Crippen molar-refractivity contribution in [2.24, 2.45) is 0 Å². The summed E-state index contributed by atoms with van der Waals surface area (Å²) in [6, 6.07) is 6.64. The standard InChI is InChI=1S/C18H26O5/c1-2-3-4-5-6-7-12-23-15-10-8-14(9-11-15)16(18(21)22)13-17(19)20/h8-11,16H,2-7,12-13H2,1H3,(H,19,20)(H,21,22)/t16-/m1/s1. The van der Waals surface area contributed by atoms with E-state index >= 15 is 0 Å². The van der Waals surface area contributed by atoms with Crippen LogP contribution in [0.4, 0.5) is 0 Å². The van der Waals surface area contributed by atoms with E-state index in [1.807, 2.05) is 0 Å². The van der Waals surface area contributed by atoms with E-state index in [0.717, 1.165) is 12.8 Å². The van der Waals surface area contributed by atoms with Crippen LogP contribution in [0.5, 0.6) is 5.75 Å². The number of hydrogen-bond donors (Lipinski definition) is 2. The smallest absolute Gasteiger partial charge is 0.311 e. The summed E-state index contributed by atoms with van der Waals surface area (Å²) in [4.78, 5) is 21.9. The Morgan fingerprint density at radius 2 is 1.61 bits per heavy atom. The first-order chi connectivity index (χ1) is 11.0. The third kappa shape index (κ3) is 7.68. The van der Waals surface area contributed by atoms with Crippen molar-refractivity contribution >= 4 is 11.9 Å². The largest absolute Gasteiger partial charge is 0.494 e. The van der Waals surface area contributed by atoms with Gasteiger partial charge in [0.05, 0.1) is 18.9 Å². The molecule has 0 radical (unpaired) electrons. The summed E-state index contributed by atoms with van der Waals surface area (Å²) >= 11 is 0. The maximum absolute atomic E-state index is 11.1. The van der Waals surface area contributed by atoms with Gasteiger partial charge >= 0.3 is 11.9 Å². The molecule has 1 atom stereocenters. The molecule has 0 spiro atoms. The SMILES string of the molecule is CCCCCCCCOc1ccc([C@@H](CC(=O)O)C(=O)O)cc1. The van der Waals surface area contributed by atoms with E-state index in [9.17, 15) is 9.59 Å². The molecule has 0 aliphatic carbocycles. The van der Waals surface area contributed by atoms with Gasteiger partial charge in [-0.1, -0.05) is 51.2 Å². The zero-order chi connectivity index (χ0) is 17.1. The Morgan fingerprint density at radius 3 is 2.17 bits per heavy atom. The molecule has 0 amide bonds. The number of unbranched alkanes of at least 4 members (excludes halogenated alkanes) is 5. The molecule has 1 aromatic rings. The molecule has 0 heterocycles. The van der Waals surface area contributed by atoms with Crippen molar-refractivity contribution in [3.63, 3.8) is 0 Å². The second-order valence-corrected chi connectivity index (χ2v) is 5.67. The predicted molar refractivity (Wildman–Crippen MR) is 87.9 cm³/mol. The third-order valence-corrected chi connectivity index (χ3v) is 3.73. The predicted octanol–water partition coefficient (Wildman–Crippen LogP) is 4.07. The topological polar surface area (TPSA) is 83.8 Å². The molecule has 0 aromatic heterocycles. The van der Waals surface area contributed by atoms with Crippen molar-refractivity contribution in [3.8, 4) is 5.75 Å². The van der Waals surface area contributed by atoms with Crippen molar-refractivity contribution < 1.29 is 24.5 Å². The van der Waals surface area contributed by atoms with Gasteiger partial charge in [0.2, 0.25) is 0 Å². The maximum atomic E-state index is 11.1. The average molecular weight is 322 g/mol. The summed E-state index contributed by atoms with van der Waals surface area (Å²) < 4.78 is 5.63. The molecule has 128 valence electrons. The molecule has 0 bridgehead atoms. The van der Waals surface area contributed by atoms with Crippen LogP contribution in [0.25, 0.3) is 0 Å². The van der Waals surface area contributed by atoms with Gasteiger partial charge in [-0.25, -0.2) is 0 Å². The van der Waals surface area contributed by atoms with E-state index in [4.69, 9.17) is 14.9 Å². The first-order valence-electron chi connectivity index (χ1n) is 8.22. The molecule has 0 saturated heterocycles. The second kappa shape index (κ2) is 10.6. The summed E-state index contributed by atoms with van der Waals surface area (Å²) in [5.74, 6) is -2.60. The van der Waals surface area contributed by atoms with Gasteiger partial charge in [0.15, 0.2) is 0 Å². The number of carbonyl (C=O) groups is 2. The molecule has 23 heavy (non-hydrogen) atoms. The van der Waals surface area contributed by atoms with Crippen LogP contribution >= 0.6 is 0 Å². The quantitative estimate of drug-likeness (QED) is 0.567. The lowest BCUT2D eigenvalue weighted by molar-refractivity contribution is -0.145. The lowest BCUT2D eigenvalue weighted by Gasteiger charge is -2.11. The minimum absolute atomic E-state index is 0.423. The summed E-state index contributed by atoms with van der Waals surface area (Å²) in [5, 5.41) is 17.9. The normalized spacial score (nSPS) is 11.9. The van der Waals surface area contributed by atoms with Crippen molar-refractivity contribution in [1.82, 2.24) is 0 Å². The van der Waals surface area contributed by atoms with Crippen molar-refractivity contribution in [1.29, 1.82) is 0 Å².